The maximum atomic E-state index is 13.0. The van der Waals surface area contributed by atoms with E-state index in [1.807, 2.05) is 4.90 Å². The number of hydrogen-bond donors (Lipinski definition) is 1. The first kappa shape index (κ1) is 19.9. The maximum absolute atomic E-state index is 13.0. The summed E-state index contributed by atoms with van der Waals surface area (Å²) in [4.78, 5) is 20.8. The molecule has 2 heterocycles. The fraction of sp³-hybridized carbons (Fsp3) is 0.609. The van der Waals surface area contributed by atoms with E-state index in [0.717, 1.165) is 57.6 Å². The van der Waals surface area contributed by atoms with Gasteiger partial charge in [-0.05, 0) is 56.2 Å². The average Bonchev–Trinajstić information content (AvgIpc) is 3.11. The number of aromatic amines is 1. The molecule has 148 valence electrons. The van der Waals surface area contributed by atoms with Crippen molar-refractivity contribution in [3.8, 4) is 0 Å². The lowest BCUT2D eigenvalue weighted by Crippen LogP contribution is -2.47. The van der Waals surface area contributed by atoms with Crippen molar-refractivity contribution in [3.63, 3.8) is 0 Å². The van der Waals surface area contributed by atoms with E-state index in [0.29, 0.717) is 11.8 Å². The summed E-state index contributed by atoms with van der Waals surface area (Å²) in [7, 11) is 2.12. The molecular formula is C23H35N3O. The molecule has 1 amide bonds. The Morgan fingerprint density at radius 3 is 2.70 bits per heavy atom. The quantitative estimate of drug-likeness (QED) is 0.775. The lowest BCUT2D eigenvalue weighted by molar-refractivity contribution is 0.0658. The van der Waals surface area contributed by atoms with E-state index in [9.17, 15) is 4.79 Å². The molecule has 0 radical (unpaired) electrons. The molecule has 1 aliphatic heterocycles. The molecule has 1 aromatic rings. The van der Waals surface area contributed by atoms with Gasteiger partial charge in [0.15, 0.2) is 0 Å². The molecule has 3 rings (SSSR count). The van der Waals surface area contributed by atoms with Gasteiger partial charge in [0.05, 0.1) is 0 Å². The van der Waals surface area contributed by atoms with E-state index in [1.54, 1.807) is 0 Å². The van der Waals surface area contributed by atoms with Crippen LogP contribution in [0.2, 0.25) is 0 Å². The zero-order valence-electron chi connectivity index (χ0n) is 17.2. The fourth-order valence-electron chi connectivity index (χ4n) is 4.18. The molecule has 27 heavy (non-hydrogen) atoms. The summed E-state index contributed by atoms with van der Waals surface area (Å²) in [6.45, 7) is 8.08. The van der Waals surface area contributed by atoms with Crippen molar-refractivity contribution < 1.29 is 4.79 Å². The van der Waals surface area contributed by atoms with E-state index in [4.69, 9.17) is 0 Å². The summed E-state index contributed by atoms with van der Waals surface area (Å²) in [5.74, 6) is 1.28. The minimum Gasteiger partial charge on any atom is -0.354 e. The molecule has 4 heteroatoms. The van der Waals surface area contributed by atoms with E-state index in [1.165, 1.54) is 17.7 Å². The number of nitrogens with zero attached hydrogens (tertiary/aromatic N) is 2. The number of rotatable bonds is 7. The topological polar surface area (TPSA) is 39.3 Å². The van der Waals surface area contributed by atoms with Gasteiger partial charge in [0, 0.05) is 31.9 Å². The van der Waals surface area contributed by atoms with Gasteiger partial charge in [-0.1, -0.05) is 44.6 Å². The zero-order chi connectivity index (χ0) is 19.2. The molecule has 1 N–H and O–H groups in total. The number of carbonyl (C=O) groups excluding carboxylic acids is 1. The van der Waals surface area contributed by atoms with Crippen molar-refractivity contribution in [3.05, 3.63) is 47.3 Å². The second kappa shape index (κ2) is 9.41. The highest BCUT2D eigenvalue weighted by Crippen LogP contribution is 2.29. The number of allylic oxidation sites excluding steroid dienone is 4. The van der Waals surface area contributed by atoms with Crippen LogP contribution in [0.5, 0.6) is 0 Å². The molecule has 1 saturated heterocycles. The highest BCUT2D eigenvalue weighted by Gasteiger charge is 2.24. The molecule has 2 atom stereocenters. The van der Waals surface area contributed by atoms with Crippen LogP contribution in [-0.2, 0) is 6.42 Å². The van der Waals surface area contributed by atoms with Crippen LogP contribution in [-0.4, -0.2) is 53.9 Å². The van der Waals surface area contributed by atoms with Crippen LogP contribution >= 0.6 is 0 Å². The van der Waals surface area contributed by atoms with Crippen molar-refractivity contribution in [2.24, 2.45) is 5.92 Å². The van der Waals surface area contributed by atoms with Gasteiger partial charge < -0.3 is 14.8 Å². The third kappa shape index (κ3) is 5.13. The minimum atomic E-state index is 0.166. The number of piperazine rings is 1. The van der Waals surface area contributed by atoms with Crippen molar-refractivity contribution >= 4 is 5.91 Å². The van der Waals surface area contributed by atoms with Gasteiger partial charge in [-0.3, -0.25) is 4.79 Å². The van der Waals surface area contributed by atoms with E-state index in [-0.39, 0.29) is 5.91 Å². The predicted octanol–water partition coefficient (Wildman–Crippen LogP) is 4.37. The SMILES string of the molecule is CCCc1cc(C(=O)N2CCN(C)CC2)[nH]c1C(C)CCC1C=CC=CC1. The molecule has 2 unspecified atom stereocenters. The predicted molar refractivity (Wildman–Crippen MR) is 112 cm³/mol. The molecule has 0 bridgehead atoms. The van der Waals surface area contributed by atoms with Crippen molar-refractivity contribution in [1.82, 2.24) is 14.8 Å². The molecule has 1 aromatic heterocycles. The lowest BCUT2D eigenvalue weighted by Gasteiger charge is -2.32. The molecule has 0 aromatic carbocycles. The van der Waals surface area contributed by atoms with E-state index >= 15 is 0 Å². The first-order valence-corrected chi connectivity index (χ1v) is 10.6. The van der Waals surface area contributed by atoms with Crippen LogP contribution in [0.3, 0.4) is 0 Å². The maximum Gasteiger partial charge on any atom is 0.270 e. The largest absolute Gasteiger partial charge is 0.354 e. The van der Waals surface area contributed by atoms with Gasteiger partial charge in [-0.2, -0.15) is 0 Å². The minimum absolute atomic E-state index is 0.166. The highest BCUT2D eigenvalue weighted by atomic mass is 16.2. The van der Waals surface area contributed by atoms with Crippen LogP contribution in [0, 0.1) is 5.92 Å². The van der Waals surface area contributed by atoms with Gasteiger partial charge in [-0.15, -0.1) is 0 Å². The van der Waals surface area contributed by atoms with Crippen LogP contribution in [0.25, 0.3) is 0 Å². The number of aromatic nitrogens is 1. The molecule has 0 saturated carbocycles. The van der Waals surface area contributed by atoms with E-state index in [2.05, 4.69) is 61.1 Å². The Kier molecular flexibility index (Phi) is 6.95. The lowest BCUT2D eigenvalue weighted by atomic mass is 9.89. The Hall–Kier alpha value is -1.81. The first-order valence-electron chi connectivity index (χ1n) is 10.6. The number of H-pyrrole nitrogens is 1. The summed E-state index contributed by atoms with van der Waals surface area (Å²) < 4.78 is 0. The standard InChI is InChI=1S/C23H35N3O/c1-4-8-20-17-21(23(27)26-15-13-25(3)14-16-26)24-22(20)18(2)11-12-19-9-6-5-7-10-19/h5-7,9,17-19,24H,4,8,10-16H2,1-3H3. The molecule has 4 nitrogen and oxygen atoms in total. The summed E-state index contributed by atoms with van der Waals surface area (Å²) in [5.41, 5.74) is 3.40. The number of carbonyl (C=O) groups is 1. The molecule has 2 aliphatic rings. The van der Waals surface area contributed by atoms with Gasteiger partial charge in [0.1, 0.15) is 5.69 Å². The highest BCUT2D eigenvalue weighted by molar-refractivity contribution is 5.93. The van der Waals surface area contributed by atoms with Gasteiger partial charge >= 0.3 is 0 Å². The second-order valence-electron chi connectivity index (χ2n) is 8.25. The smallest absolute Gasteiger partial charge is 0.270 e. The van der Waals surface area contributed by atoms with Crippen molar-refractivity contribution in [2.75, 3.05) is 33.2 Å². The van der Waals surface area contributed by atoms with Crippen molar-refractivity contribution in [1.29, 1.82) is 0 Å². The van der Waals surface area contributed by atoms with Crippen LogP contribution in [0.1, 0.15) is 67.2 Å². The number of amides is 1. The normalized spacial score (nSPS) is 21.6. The Morgan fingerprint density at radius 2 is 2.04 bits per heavy atom. The van der Waals surface area contributed by atoms with Gasteiger partial charge in [-0.25, -0.2) is 0 Å². The number of nitrogens with one attached hydrogen (secondary N) is 1. The van der Waals surface area contributed by atoms with E-state index < -0.39 is 0 Å². The number of aryl methyl sites for hydroxylation is 1. The molecular weight excluding hydrogens is 334 g/mol. The third-order valence-corrected chi connectivity index (χ3v) is 6.01. The second-order valence-corrected chi connectivity index (χ2v) is 8.25. The van der Waals surface area contributed by atoms with Crippen molar-refractivity contribution in [2.45, 2.75) is 51.9 Å². The molecule has 1 fully saturated rings. The van der Waals surface area contributed by atoms with Crippen LogP contribution in [0.4, 0.5) is 0 Å². The molecule has 0 spiro atoms. The monoisotopic (exact) mass is 369 g/mol. The summed E-state index contributed by atoms with van der Waals surface area (Å²) in [6.07, 6.45) is 14.6. The zero-order valence-corrected chi connectivity index (χ0v) is 17.2. The Morgan fingerprint density at radius 1 is 1.26 bits per heavy atom. The summed E-state index contributed by atoms with van der Waals surface area (Å²) >= 11 is 0. The fourth-order valence-corrected chi connectivity index (χ4v) is 4.18. The molecule has 1 aliphatic carbocycles. The van der Waals surface area contributed by atoms with Crippen LogP contribution in [0.15, 0.2) is 30.4 Å². The van der Waals surface area contributed by atoms with Gasteiger partial charge in [0.2, 0.25) is 0 Å². The first-order chi connectivity index (χ1) is 13.1. The summed E-state index contributed by atoms with van der Waals surface area (Å²) in [6, 6.07) is 2.12. The Balaban J connectivity index is 1.67. The Bertz CT molecular complexity index is 680. The number of likely N-dealkylation sites (N-methyl/N-ethyl adjacent to an activating group) is 1. The van der Waals surface area contributed by atoms with Gasteiger partial charge in [0.25, 0.3) is 5.91 Å². The average molecular weight is 370 g/mol. The van der Waals surface area contributed by atoms with Crippen LogP contribution < -0.4 is 0 Å². The Labute approximate surface area is 164 Å². The summed E-state index contributed by atoms with van der Waals surface area (Å²) in [5, 5.41) is 0. The number of hydrogen-bond acceptors (Lipinski definition) is 2. The third-order valence-electron chi connectivity index (χ3n) is 6.01.